The van der Waals surface area contributed by atoms with Gasteiger partial charge in [0.1, 0.15) is 24.2 Å². The summed E-state index contributed by atoms with van der Waals surface area (Å²) < 4.78 is 13.2. The van der Waals surface area contributed by atoms with E-state index >= 15 is 0 Å². The monoisotopic (exact) mass is 321 g/mol. The highest BCUT2D eigenvalue weighted by Gasteiger charge is 2.41. The van der Waals surface area contributed by atoms with E-state index in [0.717, 1.165) is 5.56 Å². The number of aromatic nitrogens is 3. The van der Waals surface area contributed by atoms with E-state index in [1.165, 1.54) is 17.3 Å². The lowest BCUT2D eigenvalue weighted by Crippen LogP contribution is -2.34. The van der Waals surface area contributed by atoms with Crippen LogP contribution in [0.1, 0.15) is 28.1 Å². The summed E-state index contributed by atoms with van der Waals surface area (Å²) in [4.78, 5) is 17.1. The Morgan fingerprint density at radius 1 is 1.12 bits per heavy atom. The maximum absolute atomic E-state index is 13.1. The van der Waals surface area contributed by atoms with Crippen molar-refractivity contribution < 1.29 is 14.3 Å². The Bertz CT molecular complexity index is 877. The molecule has 120 valence electrons. The molecule has 0 radical (unpaired) electrons. The van der Waals surface area contributed by atoms with Crippen LogP contribution in [0.3, 0.4) is 0 Å². The van der Waals surface area contributed by atoms with Crippen LogP contribution in [-0.4, -0.2) is 27.7 Å². The van der Waals surface area contributed by atoms with Crippen LogP contribution >= 0.6 is 0 Å². The lowest BCUT2D eigenvalue weighted by atomic mass is 9.91. The second-order valence-corrected chi connectivity index (χ2v) is 5.46. The molecule has 0 saturated heterocycles. The number of nitrogens with zero attached hydrogens (tertiary/aromatic N) is 3. The van der Waals surface area contributed by atoms with Crippen LogP contribution in [-0.2, 0) is 0 Å². The summed E-state index contributed by atoms with van der Waals surface area (Å²) in [5, 5.41) is 4.16. The van der Waals surface area contributed by atoms with Gasteiger partial charge in [-0.05, 0) is 18.2 Å². The Balaban J connectivity index is 1.89. The molecule has 0 spiro atoms. The van der Waals surface area contributed by atoms with Gasteiger partial charge in [0.2, 0.25) is 0 Å². The van der Waals surface area contributed by atoms with Gasteiger partial charge in [0, 0.05) is 5.56 Å². The first-order valence-corrected chi connectivity index (χ1v) is 7.56. The van der Waals surface area contributed by atoms with Crippen molar-refractivity contribution in [2.75, 3.05) is 7.11 Å². The standard InChI is InChI=1S/C18H15N3O3/c1-23-14-8-4-3-7-13(14)18-16(21-11-19-10-20-21)17(22)12-6-2-5-9-15(12)24-18/h2-11,16,18H,1H3/t16-,18+/m1/s1. The predicted molar refractivity (Wildman–Crippen MR) is 86.2 cm³/mol. The maximum Gasteiger partial charge on any atom is 0.195 e. The molecular weight excluding hydrogens is 306 g/mol. The average Bonchev–Trinajstić information content (AvgIpc) is 3.15. The first kappa shape index (κ1) is 14.4. The minimum absolute atomic E-state index is 0.0572. The summed E-state index contributed by atoms with van der Waals surface area (Å²) in [7, 11) is 1.60. The molecule has 0 N–H and O–H groups in total. The van der Waals surface area contributed by atoms with E-state index in [-0.39, 0.29) is 5.78 Å². The average molecular weight is 321 g/mol. The van der Waals surface area contributed by atoms with Crippen molar-refractivity contribution in [3.63, 3.8) is 0 Å². The van der Waals surface area contributed by atoms with Crippen LogP contribution in [0.4, 0.5) is 0 Å². The number of hydrogen-bond acceptors (Lipinski definition) is 5. The Hall–Kier alpha value is -3.15. The third kappa shape index (κ3) is 2.23. The Labute approximate surface area is 138 Å². The highest BCUT2D eigenvalue weighted by molar-refractivity contribution is 6.02. The van der Waals surface area contributed by atoms with E-state index in [1.54, 1.807) is 19.2 Å². The van der Waals surface area contributed by atoms with E-state index in [4.69, 9.17) is 9.47 Å². The van der Waals surface area contributed by atoms with Gasteiger partial charge in [-0.3, -0.25) is 4.79 Å². The zero-order valence-electron chi connectivity index (χ0n) is 13.0. The second kappa shape index (κ2) is 5.81. The van der Waals surface area contributed by atoms with Crippen LogP contribution in [0.15, 0.2) is 61.2 Å². The van der Waals surface area contributed by atoms with Crippen LogP contribution in [0.25, 0.3) is 0 Å². The zero-order chi connectivity index (χ0) is 16.5. The number of rotatable bonds is 3. The lowest BCUT2D eigenvalue weighted by Gasteiger charge is -2.33. The lowest BCUT2D eigenvalue weighted by molar-refractivity contribution is 0.0647. The van der Waals surface area contributed by atoms with Gasteiger partial charge in [-0.2, -0.15) is 5.10 Å². The topological polar surface area (TPSA) is 66.2 Å². The summed E-state index contributed by atoms with van der Waals surface area (Å²) in [6.45, 7) is 0. The minimum Gasteiger partial charge on any atom is -0.496 e. The number of carbonyl (C=O) groups excluding carboxylic acids is 1. The molecule has 0 unspecified atom stereocenters. The molecule has 1 aromatic heterocycles. The summed E-state index contributed by atoms with van der Waals surface area (Å²) >= 11 is 0. The van der Waals surface area contributed by atoms with E-state index in [1.807, 2.05) is 36.4 Å². The van der Waals surface area contributed by atoms with Crippen molar-refractivity contribution in [3.8, 4) is 11.5 Å². The molecule has 0 amide bonds. The first-order valence-electron chi connectivity index (χ1n) is 7.56. The maximum atomic E-state index is 13.1. The molecule has 4 rings (SSSR count). The van der Waals surface area contributed by atoms with Gasteiger partial charge >= 0.3 is 0 Å². The van der Waals surface area contributed by atoms with E-state index in [2.05, 4.69) is 10.1 Å². The number of Topliss-reactive ketones (excluding diaryl/α,β-unsaturated/α-hetero) is 1. The Morgan fingerprint density at radius 2 is 1.92 bits per heavy atom. The third-order valence-corrected chi connectivity index (χ3v) is 4.13. The van der Waals surface area contributed by atoms with Crippen molar-refractivity contribution in [2.24, 2.45) is 0 Å². The quantitative estimate of drug-likeness (QED) is 0.742. The summed E-state index contributed by atoms with van der Waals surface area (Å²) in [6, 6.07) is 14.1. The van der Waals surface area contributed by atoms with Crippen molar-refractivity contribution in [2.45, 2.75) is 12.1 Å². The zero-order valence-corrected chi connectivity index (χ0v) is 13.0. The van der Waals surface area contributed by atoms with Crippen molar-refractivity contribution in [3.05, 3.63) is 72.3 Å². The van der Waals surface area contributed by atoms with Crippen molar-refractivity contribution >= 4 is 5.78 Å². The first-order chi connectivity index (χ1) is 11.8. The molecule has 0 fully saturated rings. The minimum atomic E-state index is -0.640. The largest absolute Gasteiger partial charge is 0.496 e. The molecule has 6 heteroatoms. The Kier molecular flexibility index (Phi) is 3.49. The molecule has 2 heterocycles. The smallest absolute Gasteiger partial charge is 0.195 e. The second-order valence-electron chi connectivity index (χ2n) is 5.46. The molecule has 1 aliphatic rings. The number of ketones is 1. The van der Waals surface area contributed by atoms with Gasteiger partial charge in [0.15, 0.2) is 17.9 Å². The highest BCUT2D eigenvalue weighted by Crippen LogP contribution is 2.43. The molecule has 6 nitrogen and oxygen atoms in total. The molecule has 1 aliphatic heterocycles. The fraction of sp³-hybridized carbons (Fsp3) is 0.167. The molecule has 24 heavy (non-hydrogen) atoms. The van der Waals surface area contributed by atoms with Crippen molar-refractivity contribution in [1.82, 2.24) is 14.8 Å². The van der Waals surface area contributed by atoms with E-state index in [0.29, 0.717) is 17.1 Å². The number of carbonyl (C=O) groups is 1. The molecule has 2 atom stereocenters. The number of benzene rings is 2. The number of fused-ring (bicyclic) bond motifs is 1. The number of ether oxygens (including phenoxy) is 2. The van der Waals surface area contributed by atoms with Gasteiger partial charge in [0.05, 0.1) is 12.7 Å². The SMILES string of the molecule is COc1ccccc1[C@@H]1Oc2ccccc2C(=O)[C@H]1n1cncn1. The summed E-state index contributed by atoms with van der Waals surface area (Å²) in [6.07, 6.45) is 2.39. The molecule has 3 aromatic rings. The molecule has 0 bridgehead atoms. The van der Waals surface area contributed by atoms with Crippen LogP contribution in [0.5, 0.6) is 11.5 Å². The summed E-state index contributed by atoms with van der Waals surface area (Å²) in [5.74, 6) is 1.17. The van der Waals surface area contributed by atoms with Gasteiger partial charge in [0.25, 0.3) is 0 Å². The number of para-hydroxylation sites is 2. The predicted octanol–water partition coefficient (Wildman–Crippen LogP) is 2.84. The van der Waals surface area contributed by atoms with E-state index in [9.17, 15) is 4.79 Å². The van der Waals surface area contributed by atoms with E-state index < -0.39 is 12.1 Å². The Morgan fingerprint density at radius 3 is 2.71 bits per heavy atom. The molecule has 2 aromatic carbocycles. The third-order valence-electron chi connectivity index (χ3n) is 4.13. The number of hydrogen-bond donors (Lipinski definition) is 0. The van der Waals surface area contributed by atoms with Crippen molar-refractivity contribution in [1.29, 1.82) is 0 Å². The summed E-state index contributed by atoms with van der Waals surface area (Å²) in [5.41, 5.74) is 1.34. The highest BCUT2D eigenvalue weighted by atomic mass is 16.5. The van der Waals surface area contributed by atoms with Gasteiger partial charge in [-0.15, -0.1) is 0 Å². The fourth-order valence-electron chi connectivity index (χ4n) is 3.03. The van der Waals surface area contributed by atoms with Gasteiger partial charge < -0.3 is 9.47 Å². The molecule has 0 saturated carbocycles. The van der Waals surface area contributed by atoms with Crippen LogP contribution in [0, 0.1) is 0 Å². The fourth-order valence-corrected chi connectivity index (χ4v) is 3.03. The molecule has 0 aliphatic carbocycles. The molecular formula is C18H15N3O3. The normalized spacial score (nSPS) is 19.5. The van der Waals surface area contributed by atoms with Crippen LogP contribution < -0.4 is 9.47 Å². The number of methoxy groups -OCH3 is 1. The van der Waals surface area contributed by atoms with Gasteiger partial charge in [-0.1, -0.05) is 30.3 Å². The van der Waals surface area contributed by atoms with Gasteiger partial charge in [-0.25, -0.2) is 9.67 Å². The van der Waals surface area contributed by atoms with Crippen LogP contribution in [0.2, 0.25) is 0 Å².